The Balaban J connectivity index is 1.87. The van der Waals surface area contributed by atoms with Gasteiger partial charge in [-0.15, -0.1) is 0 Å². The second-order valence-corrected chi connectivity index (χ2v) is 5.78. The minimum Gasteiger partial charge on any atom is -0.385 e. The first-order chi connectivity index (χ1) is 12.6. The van der Waals surface area contributed by atoms with E-state index in [4.69, 9.17) is 4.74 Å². The third-order valence-corrected chi connectivity index (χ3v) is 3.84. The van der Waals surface area contributed by atoms with Crippen LogP contribution in [0.5, 0.6) is 0 Å². The van der Waals surface area contributed by atoms with Gasteiger partial charge in [0, 0.05) is 37.9 Å². The van der Waals surface area contributed by atoms with Crippen molar-refractivity contribution in [1.82, 2.24) is 10.6 Å². The molecule has 0 bridgehead atoms. The number of hydrogen-bond acceptors (Lipinski definition) is 3. The number of halogens is 1. The van der Waals surface area contributed by atoms with Crippen molar-refractivity contribution in [2.24, 2.45) is 0 Å². The molecule has 0 heterocycles. The first kappa shape index (κ1) is 19.6. The Morgan fingerprint density at radius 2 is 1.62 bits per heavy atom. The van der Waals surface area contributed by atoms with Gasteiger partial charge in [0.2, 0.25) is 0 Å². The lowest BCUT2D eigenvalue weighted by Crippen LogP contribution is -2.27. The molecular formula is C20H23FN2O3. The molecule has 0 atom stereocenters. The van der Waals surface area contributed by atoms with Gasteiger partial charge >= 0.3 is 0 Å². The van der Waals surface area contributed by atoms with E-state index in [0.717, 1.165) is 6.42 Å². The molecule has 2 aromatic rings. The average molecular weight is 358 g/mol. The van der Waals surface area contributed by atoms with Gasteiger partial charge in [-0.25, -0.2) is 4.39 Å². The van der Waals surface area contributed by atoms with Crippen LogP contribution in [0.3, 0.4) is 0 Å². The maximum absolute atomic E-state index is 13.6. The Bertz CT molecular complexity index is 749. The second-order valence-electron chi connectivity index (χ2n) is 5.78. The van der Waals surface area contributed by atoms with Crippen molar-refractivity contribution in [3.63, 3.8) is 0 Å². The molecule has 0 saturated carbocycles. The standard InChI is InChI=1S/C20H23FN2O3/c1-26-13-5-11-22-19(24)16-7-4-8-17(14-16)20(25)23-12-10-15-6-2-3-9-18(15)21/h2-4,6-9,14H,5,10-13H2,1H3,(H,22,24)(H,23,25). The molecule has 6 heteroatoms. The predicted octanol–water partition coefficient (Wildman–Crippen LogP) is 2.56. The lowest BCUT2D eigenvalue weighted by Gasteiger charge is -2.08. The summed E-state index contributed by atoms with van der Waals surface area (Å²) < 4.78 is 18.5. The molecule has 2 rings (SSSR count). The monoisotopic (exact) mass is 358 g/mol. The van der Waals surface area contributed by atoms with E-state index in [-0.39, 0.29) is 17.6 Å². The van der Waals surface area contributed by atoms with Gasteiger partial charge in [0.1, 0.15) is 5.82 Å². The van der Waals surface area contributed by atoms with Gasteiger partial charge in [0.25, 0.3) is 11.8 Å². The summed E-state index contributed by atoms with van der Waals surface area (Å²) in [5.74, 6) is -0.814. The number of benzene rings is 2. The average Bonchev–Trinajstić information content (AvgIpc) is 2.66. The van der Waals surface area contributed by atoms with Crippen molar-refractivity contribution >= 4 is 11.8 Å². The lowest BCUT2D eigenvalue weighted by molar-refractivity contribution is 0.0948. The highest BCUT2D eigenvalue weighted by Crippen LogP contribution is 2.08. The van der Waals surface area contributed by atoms with Crippen molar-refractivity contribution in [2.75, 3.05) is 26.8 Å². The highest BCUT2D eigenvalue weighted by Gasteiger charge is 2.10. The maximum atomic E-state index is 13.6. The van der Waals surface area contributed by atoms with Crippen molar-refractivity contribution in [1.29, 1.82) is 0 Å². The highest BCUT2D eigenvalue weighted by molar-refractivity contribution is 5.99. The molecule has 0 fully saturated rings. The summed E-state index contributed by atoms with van der Waals surface area (Å²) in [6, 6.07) is 13.0. The fraction of sp³-hybridized carbons (Fsp3) is 0.300. The summed E-state index contributed by atoms with van der Waals surface area (Å²) in [4.78, 5) is 24.3. The Kier molecular flexibility index (Phi) is 7.76. The van der Waals surface area contributed by atoms with Crippen LogP contribution in [-0.2, 0) is 11.2 Å². The van der Waals surface area contributed by atoms with Gasteiger partial charge in [-0.2, -0.15) is 0 Å². The van der Waals surface area contributed by atoms with E-state index in [0.29, 0.717) is 42.8 Å². The van der Waals surface area contributed by atoms with Crippen molar-refractivity contribution in [3.05, 3.63) is 71.0 Å². The quantitative estimate of drug-likeness (QED) is 0.677. The number of hydrogen-bond donors (Lipinski definition) is 2. The normalized spacial score (nSPS) is 10.4. The molecule has 0 saturated heterocycles. The zero-order chi connectivity index (χ0) is 18.8. The van der Waals surface area contributed by atoms with Gasteiger partial charge in [0.05, 0.1) is 0 Å². The van der Waals surface area contributed by atoms with Gasteiger partial charge in [-0.1, -0.05) is 24.3 Å². The molecule has 0 aliphatic heterocycles. The number of ether oxygens (including phenoxy) is 1. The van der Waals surface area contributed by atoms with Crippen LogP contribution in [0.15, 0.2) is 48.5 Å². The number of rotatable bonds is 9. The Labute approximate surface area is 152 Å². The smallest absolute Gasteiger partial charge is 0.251 e. The fourth-order valence-corrected chi connectivity index (χ4v) is 2.44. The first-order valence-corrected chi connectivity index (χ1v) is 8.50. The molecule has 138 valence electrons. The van der Waals surface area contributed by atoms with E-state index >= 15 is 0 Å². The lowest BCUT2D eigenvalue weighted by atomic mass is 10.1. The van der Waals surface area contributed by atoms with Crippen LogP contribution in [-0.4, -0.2) is 38.6 Å². The molecular weight excluding hydrogens is 335 g/mol. The third kappa shape index (κ3) is 5.97. The molecule has 2 amide bonds. The number of methoxy groups -OCH3 is 1. The largest absolute Gasteiger partial charge is 0.385 e. The van der Waals surface area contributed by atoms with Crippen molar-refractivity contribution < 1.29 is 18.7 Å². The third-order valence-electron chi connectivity index (χ3n) is 3.84. The van der Waals surface area contributed by atoms with E-state index in [1.165, 1.54) is 6.07 Å². The zero-order valence-corrected chi connectivity index (χ0v) is 14.8. The molecule has 0 aromatic heterocycles. The van der Waals surface area contributed by atoms with E-state index in [1.54, 1.807) is 49.6 Å². The number of amides is 2. The molecule has 5 nitrogen and oxygen atoms in total. The van der Waals surface area contributed by atoms with Crippen LogP contribution in [0.4, 0.5) is 4.39 Å². The summed E-state index contributed by atoms with van der Waals surface area (Å²) in [7, 11) is 1.61. The number of nitrogens with one attached hydrogen (secondary N) is 2. The van der Waals surface area contributed by atoms with Gasteiger partial charge in [-0.05, 0) is 42.7 Å². The van der Waals surface area contributed by atoms with E-state index in [1.807, 2.05) is 0 Å². The van der Waals surface area contributed by atoms with Crippen molar-refractivity contribution in [3.8, 4) is 0 Å². The Morgan fingerprint density at radius 3 is 2.27 bits per heavy atom. The topological polar surface area (TPSA) is 67.4 Å². The SMILES string of the molecule is COCCCNC(=O)c1cccc(C(=O)NCCc2ccccc2F)c1. The van der Waals surface area contributed by atoms with Crippen molar-refractivity contribution in [2.45, 2.75) is 12.8 Å². The zero-order valence-electron chi connectivity index (χ0n) is 14.8. The van der Waals surface area contributed by atoms with E-state index < -0.39 is 0 Å². The van der Waals surface area contributed by atoms with Gasteiger partial charge < -0.3 is 15.4 Å². The summed E-state index contributed by atoms with van der Waals surface area (Å²) >= 11 is 0. The van der Waals surface area contributed by atoms with Crippen LogP contribution in [0.1, 0.15) is 32.7 Å². The highest BCUT2D eigenvalue weighted by atomic mass is 19.1. The molecule has 2 aromatic carbocycles. The minimum atomic E-state index is -0.296. The summed E-state index contributed by atoms with van der Waals surface area (Å²) in [6.07, 6.45) is 1.12. The van der Waals surface area contributed by atoms with Crippen LogP contribution >= 0.6 is 0 Å². The van der Waals surface area contributed by atoms with Gasteiger partial charge in [0.15, 0.2) is 0 Å². The van der Waals surface area contributed by atoms with Crippen LogP contribution in [0, 0.1) is 5.82 Å². The number of carbonyl (C=O) groups excluding carboxylic acids is 2. The molecule has 26 heavy (non-hydrogen) atoms. The molecule has 2 N–H and O–H groups in total. The predicted molar refractivity (Wildman–Crippen MR) is 97.7 cm³/mol. The van der Waals surface area contributed by atoms with Crippen LogP contribution in [0.25, 0.3) is 0 Å². The molecule has 0 spiro atoms. The summed E-state index contributed by atoms with van der Waals surface area (Å²) in [6.45, 7) is 1.39. The maximum Gasteiger partial charge on any atom is 0.251 e. The second kappa shape index (κ2) is 10.3. The molecule has 0 unspecified atom stereocenters. The van der Waals surface area contributed by atoms with Crippen LogP contribution < -0.4 is 10.6 Å². The first-order valence-electron chi connectivity index (χ1n) is 8.50. The Morgan fingerprint density at radius 1 is 0.962 bits per heavy atom. The number of carbonyl (C=O) groups is 2. The summed E-state index contributed by atoms with van der Waals surface area (Å²) in [5.41, 5.74) is 1.37. The molecule has 0 radical (unpaired) electrons. The fourth-order valence-electron chi connectivity index (χ4n) is 2.44. The minimum absolute atomic E-state index is 0.234. The molecule has 0 aliphatic carbocycles. The summed E-state index contributed by atoms with van der Waals surface area (Å²) in [5, 5.41) is 5.53. The molecule has 0 aliphatic rings. The van der Waals surface area contributed by atoms with Crippen LogP contribution in [0.2, 0.25) is 0 Å². The van der Waals surface area contributed by atoms with E-state index in [2.05, 4.69) is 10.6 Å². The Hall–Kier alpha value is -2.73. The van der Waals surface area contributed by atoms with E-state index in [9.17, 15) is 14.0 Å². The van der Waals surface area contributed by atoms with Gasteiger partial charge in [-0.3, -0.25) is 9.59 Å².